The standard InChI is InChI=1S/C29H60O2/c1-3-5-7-9-14-17-21-26-29(31)27-23-19-16-13-11-10-12-15-18-22-25-28(30)24-20-8-6-4-2/h28-31H,3-27H2,1-2H3. The van der Waals surface area contributed by atoms with Crippen LogP contribution in [0.5, 0.6) is 0 Å². The summed E-state index contributed by atoms with van der Waals surface area (Å²) in [6.45, 7) is 4.50. The third kappa shape index (κ3) is 26.1. The highest BCUT2D eigenvalue weighted by Crippen LogP contribution is 2.16. The van der Waals surface area contributed by atoms with Crippen LogP contribution in [0, 0.1) is 0 Å². The lowest BCUT2D eigenvalue weighted by molar-refractivity contribution is 0.146. The third-order valence-corrected chi connectivity index (χ3v) is 6.86. The van der Waals surface area contributed by atoms with Crippen molar-refractivity contribution in [1.29, 1.82) is 0 Å². The summed E-state index contributed by atoms with van der Waals surface area (Å²) in [6, 6.07) is 0. The Bertz CT molecular complexity index is 318. The van der Waals surface area contributed by atoms with Crippen molar-refractivity contribution in [2.75, 3.05) is 0 Å². The second kappa shape index (κ2) is 26.2. The van der Waals surface area contributed by atoms with E-state index in [1.807, 2.05) is 0 Å². The molecule has 2 N–H and O–H groups in total. The molecule has 2 heteroatoms. The molecule has 0 spiro atoms. The van der Waals surface area contributed by atoms with E-state index in [0.717, 1.165) is 25.7 Å². The zero-order valence-corrected chi connectivity index (χ0v) is 21.7. The third-order valence-electron chi connectivity index (χ3n) is 6.86. The molecule has 0 amide bonds. The predicted molar refractivity (Wildman–Crippen MR) is 139 cm³/mol. The molecular formula is C29H60O2. The Morgan fingerprint density at radius 2 is 0.516 bits per heavy atom. The second-order valence-electron chi connectivity index (χ2n) is 10.2. The zero-order valence-electron chi connectivity index (χ0n) is 21.7. The number of hydrogen-bond donors (Lipinski definition) is 2. The number of aliphatic hydroxyl groups excluding tert-OH is 2. The molecule has 2 atom stereocenters. The summed E-state index contributed by atoms with van der Waals surface area (Å²) in [5, 5.41) is 20.1. The molecule has 0 saturated carbocycles. The summed E-state index contributed by atoms with van der Waals surface area (Å²) < 4.78 is 0. The van der Waals surface area contributed by atoms with Crippen LogP contribution in [0.4, 0.5) is 0 Å². The van der Waals surface area contributed by atoms with Gasteiger partial charge in [-0.1, -0.05) is 149 Å². The topological polar surface area (TPSA) is 40.5 Å². The second-order valence-corrected chi connectivity index (χ2v) is 10.2. The number of rotatable bonds is 26. The minimum Gasteiger partial charge on any atom is -0.393 e. The van der Waals surface area contributed by atoms with Gasteiger partial charge < -0.3 is 10.2 Å². The smallest absolute Gasteiger partial charge is 0.0540 e. The van der Waals surface area contributed by atoms with Gasteiger partial charge in [0.1, 0.15) is 0 Å². The van der Waals surface area contributed by atoms with Gasteiger partial charge in [-0.05, 0) is 25.7 Å². The highest BCUT2D eigenvalue weighted by atomic mass is 16.3. The Kier molecular flexibility index (Phi) is 26.1. The lowest BCUT2D eigenvalue weighted by Crippen LogP contribution is -2.06. The van der Waals surface area contributed by atoms with E-state index in [2.05, 4.69) is 13.8 Å². The van der Waals surface area contributed by atoms with E-state index in [0.29, 0.717) is 0 Å². The maximum absolute atomic E-state index is 10.1. The molecule has 31 heavy (non-hydrogen) atoms. The first-order chi connectivity index (χ1) is 15.2. The molecule has 0 aromatic carbocycles. The van der Waals surface area contributed by atoms with Gasteiger partial charge >= 0.3 is 0 Å². The van der Waals surface area contributed by atoms with Gasteiger partial charge in [0.15, 0.2) is 0 Å². The lowest BCUT2D eigenvalue weighted by Gasteiger charge is -2.10. The Morgan fingerprint density at radius 1 is 0.323 bits per heavy atom. The van der Waals surface area contributed by atoms with Crippen LogP contribution in [-0.4, -0.2) is 22.4 Å². The minimum atomic E-state index is -0.0505. The molecule has 0 heterocycles. The van der Waals surface area contributed by atoms with Gasteiger partial charge in [-0.15, -0.1) is 0 Å². The van der Waals surface area contributed by atoms with Crippen molar-refractivity contribution in [2.45, 2.75) is 187 Å². The molecule has 0 radical (unpaired) electrons. The van der Waals surface area contributed by atoms with Gasteiger partial charge in [-0.2, -0.15) is 0 Å². The Morgan fingerprint density at radius 3 is 0.774 bits per heavy atom. The fourth-order valence-electron chi connectivity index (χ4n) is 4.61. The quantitative estimate of drug-likeness (QED) is 0.131. The summed E-state index contributed by atoms with van der Waals surface area (Å²) in [6.07, 6.45) is 31.5. The highest BCUT2D eigenvalue weighted by Gasteiger charge is 2.05. The fraction of sp³-hybridized carbons (Fsp3) is 1.00. The molecular weight excluding hydrogens is 380 g/mol. The summed E-state index contributed by atoms with van der Waals surface area (Å²) in [5.74, 6) is 0. The average Bonchev–Trinajstić information content (AvgIpc) is 2.76. The molecule has 2 unspecified atom stereocenters. The van der Waals surface area contributed by atoms with Crippen molar-refractivity contribution in [3.8, 4) is 0 Å². The molecule has 0 rings (SSSR count). The van der Waals surface area contributed by atoms with Crippen molar-refractivity contribution < 1.29 is 10.2 Å². The summed E-state index contributed by atoms with van der Waals surface area (Å²) >= 11 is 0. The maximum Gasteiger partial charge on any atom is 0.0540 e. The van der Waals surface area contributed by atoms with Crippen LogP contribution in [0.1, 0.15) is 174 Å². The van der Waals surface area contributed by atoms with E-state index < -0.39 is 0 Å². The van der Waals surface area contributed by atoms with E-state index in [-0.39, 0.29) is 12.2 Å². The van der Waals surface area contributed by atoms with E-state index in [1.165, 1.54) is 135 Å². The monoisotopic (exact) mass is 440 g/mol. The molecule has 0 aliphatic heterocycles. The van der Waals surface area contributed by atoms with Gasteiger partial charge in [-0.25, -0.2) is 0 Å². The van der Waals surface area contributed by atoms with E-state index >= 15 is 0 Å². The van der Waals surface area contributed by atoms with Crippen molar-refractivity contribution in [3.63, 3.8) is 0 Å². The number of unbranched alkanes of at least 4 members (excludes halogenated alkanes) is 18. The van der Waals surface area contributed by atoms with Crippen LogP contribution < -0.4 is 0 Å². The van der Waals surface area contributed by atoms with Crippen LogP contribution >= 0.6 is 0 Å². The van der Waals surface area contributed by atoms with Crippen molar-refractivity contribution in [3.05, 3.63) is 0 Å². The Hall–Kier alpha value is -0.0800. The normalized spacial score (nSPS) is 13.5. The van der Waals surface area contributed by atoms with Gasteiger partial charge in [0, 0.05) is 0 Å². The SMILES string of the molecule is CCCCCCCCCC(O)CCCCCCCCCCCCC(O)CCCCCC. The first-order valence-electron chi connectivity index (χ1n) is 14.6. The first-order valence-corrected chi connectivity index (χ1v) is 14.6. The van der Waals surface area contributed by atoms with Crippen LogP contribution in [0.15, 0.2) is 0 Å². The molecule has 0 fully saturated rings. The minimum absolute atomic E-state index is 0.0501. The molecule has 188 valence electrons. The molecule has 0 aliphatic rings. The van der Waals surface area contributed by atoms with E-state index in [4.69, 9.17) is 0 Å². The zero-order chi connectivity index (χ0) is 22.8. The highest BCUT2D eigenvalue weighted by molar-refractivity contribution is 4.59. The van der Waals surface area contributed by atoms with Crippen molar-refractivity contribution in [1.82, 2.24) is 0 Å². The first kappa shape index (κ1) is 30.9. The van der Waals surface area contributed by atoms with Crippen LogP contribution in [0.2, 0.25) is 0 Å². The fourth-order valence-corrected chi connectivity index (χ4v) is 4.61. The van der Waals surface area contributed by atoms with Crippen molar-refractivity contribution >= 4 is 0 Å². The van der Waals surface area contributed by atoms with Gasteiger partial charge in [0.2, 0.25) is 0 Å². The maximum atomic E-state index is 10.1. The van der Waals surface area contributed by atoms with Crippen LogP contribution in [0.3, 0.4) is 0 Å². The van der Waals surface area contributed by atoms with Gasteiger partial charge in [-0.3, -0.25) is 0 Å². The number of aliphatic hydroxyl groups is 2. The lowest BCUT2D eigenvalue weighted by atomic mass is 10.0. The van der Waals surface area contributed by atoms with E-state index in [9.17, 15) is 10.2 Å². The molecule has 0 bridgehead atoms. The Labute approximate surface area is 197 Å². The van der Waals surface area contributed by atoms with Crippen molar-refractivity contribution in [2.24, 2.45) is 0 Å². The summed E-state index contributed by atoms with van der Waals surface area (Å²) in [5.41, 5.74) is 0. The molecule has 2 nitrogen and oxygen atoms in total. The number of hydrogen-bond acceptors (Lipinski definition) is 2. The summed E-state index contributed by atoms with van der Waals surface area (Å²) in [7, 11) is 0. The summed E-state index contributed by atoms with van der Waals surface area (Å²) in [4.78, 5) is 0. The van der Waals surface area contributed by atoms with Crippen LogP contribution in [0.25, 0.3) is 0 Å². The molecule has 0 saturated heterocycles. The Balaban J connectivity index is 3.19. The predicted octanol–water partition coefficient (Wildman–Crippen LogP) is 9.50. The largest absolute Gasteiger partial charge is 0.393 e. The van der Waals surface area contributed by atoms with Gasteiger partial charge in [0.25, 0.3) is 0 Å². The van der Waals surface area contributed by atoms with Crippen LogP contribution in [-0.2, 0) is 0 Å². The molecule has 0 aromatic rings. The van der Waals surface area contributed by atoms with E-state index in [1.54, 1.807) is 0 Å². The molecule has 0 aromatic heterocycles. The average molecular weight is 441 g/mol. The molecule has 0 aliphatic carbocycles. The van der Waals surface area contributed by atoms with Gasteiger partial charge in [0.05, 0.1) is 12.2 Å².